The second-order valence-electron chi connectivity index (χ2n) is 10.8. The summed E-state index contributed by atoms with van der Waals surface area (Å²) in [7, 11) is 0. The third-order valence-corrected chi connectivity index (χ3v) is 8.33. The summed E-state index contributed by atoms with van der Waals surface area (Å²) in [5, 5.41) is 7.69. The van der Waals surface area contributed by atoms with Crippen LogP contribution in [0.4, 0.5) is 0 Å². The van der Waals surface area contributed by atoms with Crippen LogP contribution in [0.1, 0.15) is 0 Å². The Labute approximate surface area is 245 Å². The van der Waals surface area contributed by atoms with Gasteiger partial charge in [0.05, 0.1) is 0 Å². The van der Waals surface area contributed by atoms with Gasteiger partial charge >= 0.3 is 0 Å². The van der Waals surface area contributed by atoms with E-state index in [4.69, 9.17) is 0 Å². The highest BCUT2D eigenvalue weighted by Crippen LogP contribution is 2.40. The number of pyridine rings is 1. The zero-order valence-corrected chi connectivity index (χ0v) is 23.0. The van der Waals surface area contributed by atoms with Crippen LogP contribution in [-0.2, 0) is 0 Å². The Kier molecular flexibility index (Phi) is 5.86. The van der Waals surface area contributed by atoms with E-state index in [1.54, 1.807) is 0 Å². The lowest BCUT2D eigenvalue weighted by Gasteiger charge is -2.15. The van der Waals surface area contributed by atoms with Crippen LogP contribution in [-0.4, -0.2) is 4.98 Å². The fourth-order valence-electron chi connectivity index (χ4n) is 6.25. The van der Waals surface area contributed by atoms with Gasteiger partial charge in [-0.15, -0.1) is 0 Å². The van der Waals surface area contributed by atoms with Crippen molar-refractivity contribution in [3.05, 3.63) is 164 Å². The lowest BCUT2D eigenvalue weighted by atomic mass is 9.89. The first kappa shape index (κ1) is 24.3. The number of hydrogen-bond acceptors (Lipinski definition) is 1. The minimum absolute atomic E-state index is 1.16. The molecular weight excluding hydrogens is 506 g/mol. The van der Waals surface area contributed by atoms with Crippen LogP contribution in [0.15, 0.2) is 164 Å². The van der Waals surface area contributed by atoms with Crippen molar-refractivity contribution in [3.63, 3.8) is 0 Å². The van der Waals surface area contributed by atoms with Crippen molar-refractivity contribution in [3.8, 4) is 44.5 Å². The summed E-state index contributed by atoms with van der Waals surface area (Å²) in [5.74, 6) is 0. The van der Waals surface area contributed by atoms with Gasteiger partial charge in [0.1, 0.15) is 0 Å². The average molecular weight is 534 g/mol. The number of aromatic nitrogens is 1. The standard InChI is InChI=1S/C41H27N/c1-3-9-28(10-4-1)31-15-17-38-36-13-7-8-14-37(36)40-27-32(16-18-39(40)41(38)26-31)35-24-33(29-11-5-2-6-12-29)23-34(25-35)30-19-21-42-22-20-30/h1-27H. The van der Waals surface area contributed by atoms with E-state index in [0.717, 1.165) is 5.56 Å². The summed E-state index contributed by atoms with van der Waals surface area (Å²) in [5.41, 5.74) is 9.64. The first-order valence-electron chi connectivity index (χ1n) is 14.4. The molecule has 1 heterocycles. The molecule has 0 fully saturated rings. The Hall–Kier alpha value is -5.53. The van der Waals surface area contributed by atoms with Gasteiger partial charge in [-0.2, -0.15) is 0 Å². The van der Waals surface area contributed by atoms with Gasteiger partial charge in [-0.25, -0.2) is 0 Å². The number of nitrogens with zero attached hydrogens (tertiary/aromatic N) is 1. The number of benzene rings is 7. The smallest absolute Gasteiger partial charge is 0.0273 e. The summed E-state index contributed by atoms with van der Waals surface area (Å²) in [4.78, 5) is 4.25. The molecule has 1 aromatic heterocycles. The predicted molar refractivity (Wildman–Crippen MR) is 178 cm³/mol. The Balaban J connectivity index is 1.38. The van der Waals surface area contributed by atoms with Crippen LogP contribution in [0.3, 0.4) is 0 Å². The van der Waals surface area contributed by atoms with Crippen molar-refractivity contribution in [2.45, 2.75) is 0 Å². The molecule has 8 aromatic rings. The van der Waals surface area contributed by atoms with Gasteiger partial charge in [0, 0.05) is 12.4 Å². The Morgan fingerprint density at radius 2 is 0.619 bits per heavy atom. The maximum Gasteiger partial charge on any atom is 0.0273 e. The molecule has 7 aromatic carbocycles. The second-order valence-corrected chi connectivity index (χ2v) is 10.8. The third kappa shape index (κ3) is 4.24. The molecule has 0 saturated heterocycles. The van der Waals surface area contributed by atoms with Crippen molar-refractivity contribution in [2.24, 2.45) is 0 Å². The summed E-state index contributed by atoms with van der Waals surface area (Å²) < 4.78 is 0. The van der Waals surface area contributed by atoms with Gasteiger partial charge in [-0.05, 0) is 119 Å². The molecular formula is C41H27N. The van der Waals surface area contributed by atoms with Crippen LogP contribution in [0.25, 0.3) is 76.8 Å². The molecule has 196 valence electrons. The molecule has 0 bridgehead atoms. The molecule has 0 aliphatic heterocycles. The van der Waals surface area contributed by atoms with Crippen LogP contribution in [0.5, 0.6) is 0 Å². The highest BCUT2D eigenvalue weighted by molar-refractivity contribution is 6.26. The number of fused-ring (bicyclic) bond motifs is 6. The predicted octanol–water partition coefficient (Wildman–Crippen LogP) is 11.2. The summed E-state index contributed by atoms with van der Waals surface area (Å²) in [6, 6.07) is 55.0. The van der Waals surface area contributed by atoms with Crippen molar-refractivity contribution in [1.29, 1.82) is 0 Å². The molecule has 0 atom stereocenters. The van der Waals surface area contributed by atoms with E-state index in [1.807, 2.05) is 12.4 Å². The van der Waals surface area contributed by atoms with Gasteiger partial charge in [0.2, 0.25) is 0 Å². The highest BCUT2D eigenvalue weighted by atomic mass is 14.6. The molecule has 0 spiro atoms. The number of rotatable bonds is 4. The van der Waals surface area contributed by atoms with Crippen LogP contribution >= 0.6 is 0 Å². The summed E-state index contributed by atoms with van der Waals surface area (Å²) in [6.07, 6.45) is 3.72. The molecule has 1 heteroatoms. The first-order valence-corrected chi connectivity index (χ1v) is 14.4. The normalized spacial score (nSPS) is 11.3. The molecule has 8 rings (SSSR count). The topological polar surface area (TPSA) is 12.9 Å². The zero-order chi connectivity index (χ0) is 27.9. The van der Waals surface area contributed by atoms with Gasteiger partial charge in [-0.3, -0.25) is 4.98 Å². The van der Waals surface area contributed by atoms with E-state index in [2.05, 4.69) is 157 Å². The van der Waals surface area contributed by atoms with E-state index in [-0.39, 0.29) is 0 Å². The van der Waals surface area contributed by atoms with E-state index in [0.29, 0.717) is 0 Å². The maximum atomic E-state index is 4.25. The van der Waals surface area contributed by atoms with Crippen molar-refractivity contribution >= 4 is 32.3 Å². The average Bonchev–Trinajstić information content (AvgIpc) is 3.09. The minimum atomic E-state index is 1.16. The van der Waals surface area contributed by atoms with E-state index in [1.165, 1.54) is 71.3 Å². The van der Waals surface area contributed by atoms with Crippen molar-refractivity contribution in [1.82, 2.24) is 4.98 Å². The van der Waals surface area contributed by atoms with Crippen molar-refractivity contribution < 1.29 is 0 Å². The third-order valence-electron chi connectivity index (χ3n) is 8.33. The molecule has 0 aliphatic carbocycles. The monoisotopic (exact) mass is 533 g/mol. The molecule has 0 amide bonds. The van der Waals surface area contributed by atoms with Crippen LogP contribution in [0, 0.1) is 0 Å². The largest absolute Gasteiger partial charge is 0.265 e. The number of hydrogen-bond donors (Lipinski definition) is 0. The summed E-state index contributed by atoms with van der Waals surface area (Å²) in [6.45, 7) is 0. The van der Waals surface area contributed by atoms with Gasteiger partial charge in [-0.1, -0.05) is 109 Å². The van der Waals surface area contributed by atoms with Crippen LogP contribution in [0.2, 0.25) is 0 Å². The van der Waals surface area contributed by atoms with Gasteiger partial charge in [0.25, 0.3) is 0 Å². The van der Waals surface area contributed by atoms with Crippen LogP contribution < -0.4 is 0 Å². The van der Waals surface area contributed by atoms with E-state index < -0.39 is 0 Å². The fraction of sp³-hybridized carbons (Fsp3) is 0. The quantitative estimate of drug-likeness (QED) is 0.205. The second kappa shape index (κ2) is 10.1. The van der Waals surface area contributed by atoms with Gasteiger partial charge in [0.15, 0.2) is 0 Å². The van der Waals surface area contributed by atoms with E-state index >= 15 is 0 Å². The molecule has 42 heavy (non-hydrogen) atoms. The van der Waals surface area contributed by atoms with Gasteiger partial charge < -0.3 is 0 Å². The highest BCUT2D eigenvalue weighted by Gasteiger charge is 2.13. The zero-order valence-electron chi connectivity index (χ0n) is 23.0. The maximum absolute atomic E-state index is 4.25. The molecule has 0 N–H and O–H groups in total. The summed E-state index contributed by atoms with van der Waals surface area (Å²) >= 11 is 0. The first-order chi connectivity index (χ1) is 20.8. The lowest BCUT2D eigenvalue weighted by molar-refractivity contribution is 1.33. The Bertz CT molecular complexity index is 2160. The molecule has 0 radical (unpaired) electrons. The lowest BCUT2D eigenvalue weighted by Crippen LogP contribution is -1.88. The van der Waals surface area contributed by atoms with E-state index in [9.17, 15) is 0 Å². The SMILES string of the molecule is c1ccc(-c2cc(-c3ccncc3)cc(-c3ccc4c5cc(-c6ccccc6)ccc5c5ccccc5c4c3)c2)cc1. The molecule has 0 aliphatic rings. The fourth-order valence-corrected chi connectivity index (χ4v) is 6.25. The minimum Gasteiger partial charge on any atom is -0.265 e. The molecule has 0 unspecified atom stereocenters. The Morgan fingerprint density at radius 3 is 1.19 bits per heavy atom. The Morgan fingerprint density at radius 1 is 0.238 bits per heavy atom. The van der Waals surface area contributed by atoms with Crippen molar-refractivity contribution in [2.75, 3.05) is 0 Å². The molecule has 0 saturated carbocycles. The molecule has 1 nitrogen and oxygen atoms in total.